The summed E-state index contributed by atoms with van der Waals surface area (Å²) in [7, 11) is 0. The van der Waals surface area contributed by atoms with Crippen molar-refractivity contribution in [1.82, 2.24) is 14.9 Å². The number of piperazine rings is 1. The molecule has 5 nitrogen and oxygen atoms in total. The van der Waals surface area contributed by atoms with E-state index in [1.54, 1.807) is 0 Å². The number of anilines is 2. The van der Waals surface area contributed by atoms with Crippen LogP contribution in [0.15, 0.2) is 30.3 Å². The first kappa shape index (κ1) is 17.0. The van der Waals surface area contributed by atoms with Crippen molar-refractivity contribution >= 4 is 11.8 Å². The number of rotatable bonds is 2. The number of nitrogens with two attached hydrogens (primary N) is 1. The first-order chi connectivity index (χ1) is 13.2. The lowest BCUT2D eigenvalue weighted by Gasteiger charge is -2.44. The van der Waals surface area contributed by atoms with Gasteiger partial charge in [-0.2, -0.15) is 4.98 Å². The van der Waals surface area contributed by atoms with Gasteiger partial charge in [0.2, 0.25) is 5.95 Å². The molecule has 3 atom stereocenters. The van der Waals surface area contributed by atoms with Gasteiger partial charge in [0.05, 0.1) is 5.69 Å². The fourth-order valence-corrected chi connectivity index (χ4v) is 5.38. The zero-order chi connectivity index (χ0) is 18.4. The molecule has 5 rings (SSSR count). The molecule has 0 bridgehead atoms. The monoisotopic (exact) mass is 363 g/mol. The van der Waals surface area contributed by atoms with Gasteiger partial charge in [0.1, 0.15) is 5.82 Å². The zero-order valence-electron chi connectivity index (χ0n) is 16.1. The summed E-state index contributed by atoms with van der Waals surface area (Å²) in [6, 6.07) is 11.9. The highest BCUT2D eigenvalue weighted by Gasteiger charge is 2.37. The van der Waals surface area contributed by atoms with Crippen LogP contribution in [-0.2, 0) is 6.42 Å². The Hall–Kier alpha value is -2.14. The SMILES string of the molecule is CC1CN2CCCC2CN1c1nc(N)nc2c1CCCC2c1ccccc1. The van der Waals surface area contributed by atoms with Crippen molar-refractivity contribution in [3.05, 3.63) is 47.2 Å². The van der Waals surface area contributed by atoms with Crippen LogP contribution in [0.3, 0.4) is 0 Å². The van der Waals surface area contributed by atoms with Gasteiger partial charge in [-0.25, -0.2) is 4.98 Å². The molecule has 2 saturated heterocycles. The van der Waals surface area contributed by atoms with E-state index >= 15 is 0 Å². The molecule has 3 unspecified atom stereocenters. The van der Waals surface area contributed by atoms with E-state index in [9.17, 15) is 0 Å². The minimum atomic E-state index is 0.335. The van der Waals surface area contributed by atoms with E-state index < -0.39 is 0 Å². The lowest BCUT2D eigenvalue weighted by molar-refractivity contribution is 0.202. The van der Waals surface area contributed by atoms with Gasteiger partial charge in [-0.15, -0.1) is 0 Å². The van der Waals surface area contributed by atoms with E-state index in [2.05, 4.69) is 47.1 Å². The Kier molecular flexibility index (Phi) is 4.27. The number of aromatic nitrogens is 2. The first-order valence-corrected chi connectivity index (χ1v) is 10.4. The Morgan fingerprint density at radius 3 is 2.74 bits per heavy atom. The second-order valence-corrected chi connectivity index (χ2v) is 8.42. The van der Waals surface area contributed by atoms with Crippen molar-refractivity contribution < 1.29 is 0 Å². The molecular weight excluding hydrogens is 334 g/mol. The third-order valence-electron chi connectivity index (χ3n) is 6.70. The fraction of sp³-hybridized carbons (Fsp3) is 0.545. The second-order valence-electron chi connectivity index (χ2n) is 8.42. The molecule has 0 spiro atoms. The molecule has 0 amide bonds. The number of nitrogens with zero attached hydrogens (tertiary/aromatic N) is 4. The smallest absolute Gasteiger partial charge is 0.222 e. The average Bonchev–Trinajstić information content (AvgIpc) is 3.14. The summed E-state index contributed by atoms with van der Waals surface area (Å²) in [5.41, 5.74) is 10.1. The third-order valence-corrected chi connectivity index (χ3v) is 6.70. The highest BCUT2D eigenvalue weighted by Crippen LogP contribution is 2.40. The Bertz CT molecular complexity index is 821. The van der Waals surface area contributed by atoms with Gasteiger partial charge in [-0.1, -0.05) is 30.3 Å². The molecule has 0 radical (unpaired) electrons. The minimum absolute atomic E-state index is 0.335. The third kappa shape index (κ3) is 2.98. The lowest BCUT2D eigenvalue weighted by atomic mass is 9.82. The van der Waals surface area contributed by atoms with E-state index in [-0.39, 0.29) is 0 Å². The summed E-state index contributed by atoms with van der Waals surface area (Å²) in [6.07, 6.45) is 6.01. The number of hydrogen-bond acceptors (Lipinski definition) is 5. The predicted octanol–water partition coefficient (Wildman–Crippen LogP) is 3.20. The van der Waals surface area contributed by atoms with Crippen molar-refractivity contribution in [2.75, 3.05) is 30.3 Å². The highest BCUT2D eigenvalue weighted by molar-refractivity contribution is 5.56. The molecule has 5 heteroatoms. The molecule has 1 aromatic carbocycles. The number of benzene rings is 1. The molecule has 1 aliphatic carbocycles. The van der Waals surface area contributed by atoms with Crippen molar-refractivity contribution in [2.45, 2.75) is 57.0 Å². The largest absolute Gasteiger partial charge is 0.368 e. The van der Waals surface area contributed by atoms with Gasteiger partial charge in [0.15, 0.2) is 0 Å². The summed E-state index contributed by atoms with van der Waals surface area (Å²) in [6.45, 7) is 5.78. The van der Waals surface area contributed by atoms with Crippen molar-refractivity contribution in [1.29, 1.82) is 0 Å². The van der Waals surface area contributed by atoms with Crippen LogP contribution in [0.2, 0.25) is 0 Å². The topological polar surface area (TPSA) is 58.3 Å². The summed E-state index contributed by atoms with van der Waals surface area (Å²) >= 11 is 0. The minimum Gasteiger partial charge on any atom is -0.368 e. The highest BCUT2D eigenvalue weighted by atomic mass is 15.3. The summed E-state index contributed by atoms with van der Waals surface area (Å²) in [5, 5.41) is 0. The van der Waals surface area contributed by atoms with Crippen LogP contribution in [0.1, 0.15) is 55.3 Å². The maximum Gasteiger partial charge on any atom is 0.222 e. The van der Waals surface area contributed by atoms with E-state index in [4.69, 9.17) is 15.7 Å². The molecule has 3 aliphatic rings. The molecule has 2 fully saturated rings. The first-order valence-electron chi connectivity index (χ1n) is 10.4. The van der Waals surface area contributed by atoms with Crippen LogP contribution in [0.25, 0.3) is 0 Å². The van der Waals surface area contributed by atoms with Gasteiger partial charge >= 0.3 is 0 Å². The van der Waals surface area contributed by atoms with Gasteiger partial charge < -0.3 is 10.6 Å². The Morgan fingerprint density at radius 2 is 1.89 bits per heavy atom. The number of fused-ring (bicyclic) bond motifs is 2. The molecule has 1 aromatic heterocycles. The maximum atomic E-state index is 6.22. The molecule has 0 saturated carbocycles. The van der Waals surface area contributed by atoms with Gasteiger partial charge in [-0.3, -0.25) is 4.90 Å². The fourth-order valence-electron chi connectivity index (χ4n) is 5.38. The summed E-state index contributed by atoms with van der Waals surface area (Å²) in [5.74, 6) is 1.87. The Balaban J connectivity index is 1.55. The Labute approximate surface area is 161 Å². The standard InChI is InChI=1S/C22H29N5/c1-15-13-26-12-6-9-17(26)14-27(15)21-19-11-5-10-18(16-7-3-2-4-8-16)20(19)24-22(23)25-21/h2-4,7-8,15,17-18H,5-6,9-14H2,1H3,(H2,23,24,25). The molecule has 2 N–H and O–H groups in total. The quantitative estimate of drug-likeness (QED) is 0.888. The predicted molar refractivity (Wildman–Crippen MR) is 109 cm³/mol. The van der Waals surface area contributed by atoms with Crippen LogP contribution in [0, 0.1) is 0 Å². The van der Waals surface area contributed by atoms with E-state index in [0.717, 1.165) is 37.4 Å². The van der Waals surface area contributed by atoms with Crippen molar-refractivity contribution in [3.63, 3.8) is 0 Å². The van der Waals surface area contributed by atoms with Crippen LogP contribution < -0.4 is 10.6 Å². The van der Waals surface area contributed by atoms with Crippen LogP contribution >= 0.6 is 0 Å². The van der Waals surface area contributed by atoms with Gasteiger partial charge in [0, 0.05) is 36.7 Å². The van der Waals surface area contributed by atoms with Crippen LogP contribution in [0.4, 0.5) is 11.8 Å². The maximum absolute atomic E-state index is 6.22. The molecule has 27 heavy (non-hydrogen) atoms. The lowest BCUT2D eigenvalue weighted by Crippen LogP contribution is -2.55. The van der Waals surface area contributed by atoms with Gasteiger partial charge in [0.25, 0.3) is 0 Å². The van der Waals surface area contributed by atoms with Crippen LogP contribution in [0.5, 0.6) is 0 Å². The van der Waals surface area contributed by atoms with Crippen LogP contribution in [-0.4, -0.2) is 46.6 Å². The van der Waals surface area contributed by atoms with Crippen molar-refractivity contribution in [3.8, 4) is 0 Å². The molecule has 3 heterocycles. The van der Waals surface area contributed by atoms with E-state index in [1.165, 1.54) is 36.9 Å². The van der Waals surface area contributed by atoms with Gasteiger partial charge in [-0.05, 0) is 51.1 Å². The molecule has 2 aromatic rings. The normalized spacial score (nSPS) is 28.0. The summed E-state index contributed by atoms with van der Waals surface area (Å²) < 4.78 is 0. The van der Waals surface area contributed by atoms with E-state index in [0.29, 0.717) is 23.9 Å². The zero-order valence-corrected chi connectivity index (χ0v) is 16.1. The molecule has 142 valence electrons. The number of nitrogen functional groups attached to an aromatic ring is 1. The van der Waals surface area contributed by atoms with E-state index in [1.807, 2.05) is 0 Å². The average molecular weight is 364 g/mol. The molecule has 2 aliphatic heterocycles. The van der Waals surface area contributed by atoms with Crippen molar-refractivity contribution in [2.24, 2.45) is 0 Å². The second kappa shape index (κ2) is 6.79. The Morgan fingerprint density at radius 1 is 1.04 bits per heavy atom. The summed E-state index contributed by atoms with van der Waals surface area (Å²) in [4.78, 5) is 14.7. The number of hydrogen-bond donors (Lipinski definition) is 1. The molecular formula is C22H29N5.